The largest absolute Gasteiger partial charge is 0.341 e. The summed E-state index contributed by atoms with van der Waals surface area (Å²) >= 11 is 6.81. The van der Waals surface area contributed by atoms with Crippen LogP contribution in [0.4, 0.5) is 0 Å². The highest BCUT2D eigenvalue weighted by atomic mass is 79.9. The zero-order valence-electron chi connectivity index (χ0n) is 20.2. The summed E-state index contributed by atoms with van der Waals surface area (Å²) in [5.74, 6) is 2.07. The summed E-state index contributed by atoms with van der Waals surface area (Å²) in [6.45, 7) is 16.0. The lowest BCUT2D eigenvalue weighted by Gasteiger charge is -2.32. The zero-order chi connectivity index (χ0) is 24.1. The molecule has 4 heterocycles. The van der Waals surface area contributed by atoms with Gasteiger partial charge in [0.25, 0.3) is 0 Å². The maximum absolute atomic E-state index is 6.10. The summed E-state index contributed by atoms with van der Waals surface area (Å²) in [5, 5.41) is 0. The van der Waals surface area contributed by atoms with Crippen LogP contribution >= 0.6 is 31.9 Å². The van der Waals surface area contributed by atoms with E-state index in [9.17, 15) is 0 Å². The minimum atomic E-state index is -0.557. The zero-order valence-corrected chi connectivity index (χ0v) is 23.4. The molecule has 0 aromatic carbocycles. The molecule has 190 valence electrons. The van der Waals surface area contributed by atoms with Crippen LogP contribution in [0.25, 0.3) is 0 Å². The SMILES string of the molecule is C.C#C[C@]1(CC)O[C@H]2OC(C)(C)OC2C1C.CC[C@@]1(C=C(Br)Br)O[C@H]2OC(C)(C)OC2C1C. The van der Waals surface area contributed by atoms with Crippen molar-refractivity contribution >= 4 is 31.9 Å². The van der Waals surface area contributed by atoms with Gasteiger partial charge in [0.15, 0.2) is 24.2 Å². The van der Waals surface area contributed by atoms with Crippen LogP contribution in [0.3, 0.4) is 0 Å². The van der Waals surface area contributed by atoms with E-state index in [1.807, 2.05) is 34.6 Å². The van der Waals surface area contributed by atoms with Crippen molar-refractivity contribution in [3.63, 3.8) is 0 Å². The van der Waals surface area contributed by atoms with Gasteiger partial charge in [-0.15, -0.1) is 6.42 Å². The molecule has 0 N–H and O–H groups in total. The molecule has 4 saturated heterocycles. The van der Waals surface area contributed by atoms with Gasteiger partial charge in [0.05, 0.1) is 8.99 Å². The smallest absolute Gasteiger partial charge is 0.189 e. The molecule has 6 nitrogen and oxygen atoms in total. The topological polar surface area (TPSA) is 55.4 Å². The monoisotopic (exact) mass is 594 g/mol. The summed E-state index contributed by atoms with van der Waals surface area (Å²) in [4.78, 5) is 0. The molecule has 0 aromatic rings. The number of rotatable bonds is 3. The predicted octanol–water partition coefficient (Wildman–Crippen LogP) is 6.46. The van der Waals surface area contributed by atoms with E-state index in [0.717, 1.165) is 16.2 Å². The highest BCUT2D eigenvalue weighted by Gasteiger charge is 2.59. The van der Waals surface area contributed by atoms with E-state index >= 15 is 0 Å². The van der Waals surface area contributed by atoms with Gasteiger partial charge in [0.2, 0.25) is 0 Å². The van der Waals surface area contributed by atoms with Crippen molar-refractivity contribution in [3.8, 4) is 12.3 Å². The number of ether oxygens (including phenoxy) is 6. The normalized spacial score (nSPS) is 44.0. The fraction of sp³-hybridized carbons (Fsp3) is 0.840. The lowest BCUT2D eigenvalue weighted by Crippen LogP contribution is -2.37. The van der Waals surface area contributed by atoms with Crippen LogP contribution in [0.15, 0.2) is 9.47 Å². The molecule has 0 spiro atoms. The Morgan fingerprint density at radius 2 is 1.30 bits per heavy atom. The van der Waals surface area contributed by atoms with Crippen molar-refractivity contribution in [2.24, 2.45) is 11.8 Å². The van der Waals surface area contributed by atoms with Crippen LogP contribution in [-0.4, -0.2) is 47.6 Å². The molecule has 4 aliphatic heterocycles. The minimum absolute atomic E-state index is 0. The number of hydrogen-bond acceptors (Lipinski definition) is 6. The Hall–Kier alpha value is 0.0200. The van der Waals surface area contributed by atoms with Crippen molar-refractivity contribution in [1.82, 2.24) is 0 Å². The third-order valence-electron chi connectivity index (χ3n) is 7.01. The van der Waals surface area contributed by atoms with Crippen molar-refractivity contribution < 1.29 is 28.4 Å². The summed E-state index contributed by atoms with van der Waals surface area (Å²) in [6, 6.07) is 0. The lowest BCUT2D eigenvalue weighted by molar-refractivity contribution is -0.223. The average molecular weight is 596 g/mol. The van der Waals surface area contributed by atoms with Crippen molar-refractivity contribution in [2.75, 3.05) is 0 Å². The Labute approximate surface area is 216 Å². The Bertz CT molecular complexity index is 773. The van der Waals surface area contributed by atoms with Crippen LogP contribution in [0.1, 0.15) is 75.7 Å². The molecule has 0 bridgehead atoms. The van der Waals surface area contributed by atoms with Gasteiger partial charge >= 0.3 is 0 Å². The summed E-state index contributed by atoms with van der Waals surface area (Å²) in [5.41, 5.74) is -0.847. The first-order valence-corrected chi connectivity index (χ1v) is 12.9. The Kier molecular flexibility index (Phi) is 9.02. The maximum atomic E-state index is 6.10. The Balaban J connectivity index is 0.000000228. The van der Waals surface area contributed by atoms with Gasteiger partial charge in [-0.05, 0) is 78.5 Å². The molecule has 4 unspecified atom stereocenters. The summed E-state index contributed by atoms with van der Waals surface area (Å²) in [7, 11) is 0. The van der Waals surface area contributed by atoms with E-state index in [-0.39, 0.29) is 49.7 Å². The second kappa shape index (κ2) is 10.2. The minimum Gasteiger partial charge on any atom is -0.341 e. The van der Waals surface area contributed by atoms with E-state index in [1.54, 1.807) is 0 Å². The van der Waals surface area contributed by atoms with Crippen molar-refractivity contribution in [3.05, 3.63) is 9.47 Å². The molecule has 0 aliphatic carbocycles. The summed E-state index contributed by atoms with van der Waals surface area (Å²) < 4.78 is 36.0. The first-order valence-electron chi connectivity index (χ1n) is 11.3. The summed E-state index contributed by atoms with van der Waals surface area (Å²) in [6.07, 6.45) is 8.65. The van der Waals surface area contributed by atoms with Crippen LogP contribution in [0, 0.1) is 24.2 Å². The Morgan fingerprint density at radius 3 is 1.67 bits per heavy atom. The Morgan fingerprint density at radius 1 is 0.818 bits per heavy atom. The maximum Gasteiger partial charge on any atom is 0.189 e. The van der Waals surface area contributed by atoms with E-state index in [0.29, 0.717) is 0 Å². The fourth-order valence-electron chi connectivity index (χ4n) is 5.09. The van der Waals surface area contributed by atoms with Gasteiger partial charge < -0.3 is 28.4 Å². The molecule has 0 aromatic heterocycles. The second-order valence-corrected chi connectivity index (χ2v) is 12.7. The van der Waals surface area contributed by atoms with E-state index in [1.165, 1.54) is 0 Å². The van der Waals surface area contributed by atoms with Gasteiger partial charge in [0, 0.05) is 11.8 Å². The first kappa shape index (κ1) is 29.3. The molecular weight excluding hydrogens is 556 g/mol. The van der Waals surface area contributed by atoms with Crippen LogP contribution in [0.2, 0.25) is 0 Å². The number of terminal acetylenes is 1. The molecule has 0 amide bonds. The molecule has 4 rings (SSSR count). The van der Waals surface area contributed by atoms with E-state index in [4.69, 9.17) is 34.8 Å². The molecule has 8 heteroatoms. The van der Waals surface area contributed by atoms with Crippen molar-refractivity contribution in [2.45, 2.75) is 123 Å². The van der Waals surface area contributed by atoms with Gasteiger partial charge in [-0.2, -0.15) is 0 Å². The second-order valence-electron chi connectivity index (χ2n) is 9.88. The van der Waals surface area contributed by atoms with Crippen molar-refractivity contribution in [1.29, 1.82) is 0 Å². The number of halogens is 2. The van der Waals surface area contributed by atoms with Gasteiger partial charge in [-0.25, -0.2) is 0 Å². The first-order chi connectivity index (χ1) is 14.7. The molecule has 33 heavy (non-hydrogen) atoms. The molecule has 8 atom stereocenters. The van der Waals surface area contributed by atoms with E-state index < -0.39 is 17.2 Å². The quantitative estimate of drug-likeness (QED) is 0.349. The molecule has 0 radical (unpaired) electrons. The molecular formula is C25H40Br2O6. The van der Waals surface area contributed by atoms with Gasteiger partial charge in [-0.1, -0.05) is 41.0 Å². The third kappa shape index (κ3) is 5.56. The van der Waals surface area contributed by atoms with Gasteiger partial charge in [0.1, 0.15) is 17.8 Å². The highest BCUT2D eigenvalue weighted by molar-refractivity contribution is 9.28. The average Bonchev–Trinajstić information content (AvgIpc) is 3.32. The lowest BCUT2D eigenvalue weighted by atomic mass is 9.85. The number of hydrogen-bond donors (Lipinski definition) is 0. The van der Waals surface area contributed by atoms with Crippen LogP contribution in [0.5, 0.6) is 0 Å². The van der Waals surface area contributed by atoms with E-state index in [2.05, 4.69) is 64.6 Å². The van der Waals surface area contributed by atoms with Gasteiger partial charge in [-0.3, -0.25) is 0 Å². The fourth-order valence-corrected chi connectivity index (χ4v) is 5.86. The standard InChI is InChI=1S/C12H18Br2O3.C12H18O3.CH4/c1-5-12(6-8(13)14)7(2)9-10(17-12)16-11(3,4)15-9;1-6-12(7-2)8(3)9-10(15-12)14-11(4,5)13-9;/h6-7,9-10H,5H2,1-4H3;1,8-10H,7H2,2-5H3;1H4/t7?,9?,10-,12+;8?,9?,10-,12-;/m11./s1. The third-order valence-corrected chi connectivity index (χ3v) is 7.46. The van der Waals surface area contributed by atoms with Crippen LogP contribution in [-0.2, 0) is 28.4 Å². The molecule has 4 aliphatic rings. The molecule has 4 fully saturated rings. The van der Waals surface area contributed by atoms with Crippen LogP contribution < -0.4 is 0 Å². The highest BCUT2D eigenvalue weighted by Crippen LogP contribution is 2.49. The molecule has 0 saturated carbocycles. The predicted molar refractivity (Wildman–Crippen MR) is 136 cm³/mol. The number of fused-ring (bicyclic) bond motifs is 2.